The summed E-state index contributed by atoms with van der Waals surface area (Å²) in [6, 6.07) is 12.1. The number of aliphatic hydroxyl groups is 1. The molecule has 16 nitrogen and oxygen atoms in total. The first-order valence-electron chi connectivity index (χ1n) is 27.5. The van der Waals surface area contributed by atoms with Gasteiger partial charge in [-0.1, -0.05) is 13.0 Å². The molecule has 6 fully saturated rings. The Morgan fingerprint density at radius 2 is 1.66 bits per heavy atom. The number of hydrogen-bond acceptors (Lipinski definition) is 14. The number of ether oxygens (including phenoxy) is 3. The number of carbonyl (C=O) groups is 3. The molecule has 1 spiro atoms. The highest BCUT2D eigenvalue weighted by atomic mass is 19.1. The van der Waals surface area contributed by atoms with E-state index >= 15 is 8.78 Å². The molecule has 3 amide bonds. The average molecular weight is 1040 g/mol. The second-order valence-corrected chi connectivity index (χ2v) is 23.4. The van der Waals surface area contributed by atoms with Gasteiger partial charge in [-0.05, 0) is 154 Å². The van der Waals surface area contributed by atoms with Crippen LogP contribution in [0.2, 0.25) is 0 Å². The first kappa shape index (κ1) is 50.7. The van der Waals surface area contributed by atoms with Crippen LogP contribution in [0.5, 0.6) is 11.8 Å². The van der Waals surface area contributed by atoms with Crippen molar-refractivity contribution < 1.29 is 42.5 Å². The van der Waals surface area contributed by atoms with Gasteiger partial charge in [0.25, 0.3) is 5.91 Å². The summed E-state index contributed by atoms with van der Waals surface area (Å²) in [6.07, 6.45) is 10.6. The van der Waals surface area contributed by atoms with E-state index in [1.807, 2.05) is 30.9 Å². The molecule has 18 heteroatoms. The molecule has 5 aromatic rings. The predicted molar refractivity (Wildman–Crippen MR) is 283 cm³/mol. The van der Waals surface area contributed by atoms with Gasteiger partial charge >= 0.3 is 6.01 Å². The van der Waals surface area contributed by atoms with Crippen LogP contribution in [0, 0.1) is 28.4 Å². The lowest BCUT2D eigenvalue weighted by Gasteiger charge is -2.55. The third kappa shape index (κ3) is 9.83. The Hall–Kier alpha value is -6.08. The summed E-state index contributed by atoms with van der Waals surface area (Å²) in [5, 5.41) is 15.2. The van der Waals surface area contributed by atoms with Gasteiger partial charge in [0.1, 0.15) is 34.6 Å². The first-order chi connectivity index (χ1) is 36.7. The summed E-state index contributed by atoms with van der Waals surface area (Å²) in [4.78, 5) is 63.2. The molecule has 12 rings (SSSR count). The number of anilines is 2. The average Bonchev–Trinajstić information content (AvgIpc) is 4.14. The van der Waals surface area contributed by atoms with Crippen LogP contribution in [0.15, 0.2) is 48.7 Å². The fraction of sp³-hybridized carbons (Fsp3) is 0.552. The van der Waals surface area contributed by atoms with Crippen LogP contribution in [0.4, 0.5) is 20.3 Å². The third-order valence-electron chi connectivity index (χ3n) is 17.8. The maximum absolute atomic E-state index is 17.4. The Morgan fingerprint density at radius 1 is 0.855 bits per heavy atom. The van der Waals surface area contributed by atoms with Gasteiger partial charge in [-0.15, -0.1) is 0 Å². The molecular weight excluding hydrogens is 973 g/mol. The Bertz CT molecular complexity index is 3090. The third-order valence-corrected chi connectivity index (χ3v) is 17.8. The first-order valence-corrected chi connectivity index (χ1v) is 27.5. The van der Waals surface area contributed by atoms with E-state index in [2.05, 4.69) is 26.1 Å². The number of imide groups is 1. The maximum Gasteiger partial charge on any atom is 0.319 e. The zero-order chi connectivity index (χ0) is 52.5. The Labute approximate surface area is 442 Å². The van der Waals surface area contributed by atoms with Crippen molar-refractivity contribution in [1.82, 2.24) is 35.0 Å². The molecule has 8 heterocycles. The molecule has 1 saturated carbocycles. The predicted octanol–water partition coefficient (Wildman–Crippen LogP) is 7.25. The number of fused-ring (bicyclic) bond motifs is 3. The van der Waals surface area contributed by atoms with Gasteiger partial charge < -0.3 is 43.8 Å². The number of β-amino-alcohol motifs (C(OH)–C–C–N with tert-alkyl or cyclic N) is 1. The van der Waals surface area contributed by atoms with Gasteiger partial charge in [0.15, 0.2) is 12.6 Å². The van der Waals surface area contributed by atoms with Crippen LogP contribution in [0.1, 0.15) is 99.5 Å². The zero-order valence-corrected chi connectivity index (χ0v) is 44.0. The number of pyridine rings is 1. The van der Waals surface area contributed by atoms with Gasteiger partial charge in [0.05, 0.1) is 17.6 Å². The van der Waals surface area contributed by atoms with E-state index in [9.17, 15) is 19.5 Å². The largest absolute Gasteiger partial charge is 0.468 e. The number of nitrogens with zero attached hydrogens (tertiary/aromatic N) is 8. The van der Waals surface area contributed by atoms with Crippen molar-refractivity contribution in [1.29, 1.82) is 0 Å². The number of amides is 3. The van der Waals surface area contributed by atoms with Gasteiger partial charge in [0.2, 0.25) is 11.8 Å². The van der Waals surface area contributed by atoms with Crippen LogP contribution >= 0.6 is 0 Å². The van der Waals surface area contributed by atoms with Crippen molar-refractivity contribution in [3.05, 3.63) is 77.0 Å². The lowest BCUT2D eigenvalue weighted by atomic mass is 9.71. The summed E-state index contributed by atoms with van der Waals surface area (Å²) in [5.74, 6) is -0.322. The summed E-state index contributed by atoms with van der Waals surface area (Å²) in [6.45, 7) is 13.8. The molecule has 6 aliphatic heterocycles. The number of hydrogen-bond donors (Lipinski definition) is 2. The van der Waals surface area contributed by atoms with Gasteiger partial charge in [-0.3, -0.25) is 24.7 Å². The fourth-order valence-corrected chi connectivity index (χ4v) is 13.4. The minimum Gasteiger partial charge on any atom is -0.468 e. The van der Waals surface area contributed by atoms with Crippen LogP contribution < -0.4 is 24.6 Å². The molecule has 0 bridgehead atoms. The molecule has 3 aromatic carbocycles. The highest BCUT2D eigenvalue weighted by molar-refractivity contribution is 6.06. The van der Waals surface area contributed by atoms with Crippen LogP contribution in [0.25, 0.3) is 32.9 Å². The lowest BCUT2D eigenvalue weighted by molar-refractivity contribution is -0.136. The Balaban J connectivity index is 0.671. The number of rotatable bonds is 15. The summed E-state index contributed by atoms with van der Waals surface area (Å²) in [5.41, 5.74) is 2.97. The lowest BCUT2D eigenvalue weighted by Crippen LogP contribution is -2.61. The van der Waals surface area contributed by atoms with E-state index < -0.39 is 17.5 Å². The summed E-state index contributed by atoms with van der Waals surface area (Å²) >= 11 is 0. The smallest absolute Gasteiger partial charge is 0.319 e. The molecule has 2 aromatic heterocycles. The number of likely N-dealkylation sites (tertiary alicyclic amines) is 2. The van der Waals surface area contributed by atoms with E-state index in [0.29, 0.717) is 101 Å². The second-order valence-electron chi connectivity index (χ2n) is 23.4. The quantitative estimate of drug-likeness (QED) is 0.0795. The van der Waals surface area contributed by atoms with Crippen molar-refractivity contribution in [3.63, 3.8) is 0 Å². The second kappa shape index (κ2) is 20.1. The van der Waals surface area contributed by atoms with E-state index in [4.69, 9.17) is 29.2 Å². The normalized spacial score (nSPS) is 23.8. The number of halogens is 2. The molecule has 402 valence electrons. The molecular formula is C58H69F2N9O7. The fourth-order valence-electron chi connectivity index (χ4n) is 13.4. The molecule has 76 heavy (non-hydrogen) atoms. The summed E-state index contributed by atoms with van der Waals surface area (Å²) < 4.78 is 50.4. The van der Waals surface area contributed by atoms with Crippen LogP contribution in [0.3, 0.4) is 0 Å². The van der Waals surface area contributed by atoms with Crippen molar-refractivity contribution in [3.8, 4) is 23.0 Å². The highest BCUT2D eigenvalue weighted by Gasteiger charge is 2.49. The number of nitrogens with one attached hydrogen (secondary N) is 1. The minimum absolute atomic E-state index is 0.0100. The molecule has 1 unspecified atom stereocenters. The SMILES string of the molecule is CCc1c(F)ccc2cc(OCOC)cc(-c3ncc4c(N5CCC[C@@](C)(O)C5)nc(OCC5(CN6CCC7(CC6)CN(CC6CCN(c8ccc9c(c8)CN(C8CCC(=O)NC8=O)C9=O)CC6)C7)CC5)nc4c3F)c12. The van der Waals surface area contributed by atoms with E-state index in [0.717, 1.165) is 95.7 Å². The standard InChI is InChI=1S/C58H69F2N9O7/c1-4-41-45(59)9-6-37-25-40(76-35-74-3)26-43(48(37)41)50-49(60)51-44(27-61-50)52(68-19-5-14-56(2,73)30-68)64-55(63-51)75-34-58(15-16-58)33-65-22-17-57(18-23-65)31-66(32-57)28-36-12-20-67(21-13-36)39-7-8-42-38(24-39)29-69(54(42)72)46-10-11-47(70)62-53(46)71/h6-9,24-27,36,46,73H,4-5,10-23,28-35H2,1-3H3,(H,62,70,71)/t46?,56-/m1/s1. The number of aryl methyl sites for hydroxylation is 1. The molecule has 5 saturated heterocycles. The number of carbonyl (C=O) groups excluding carboxylic acids is 3. The van der Waals surface area contributed by atoms with E-state index in [1.165, 1.54) is 26.0 Å². The summed E-state index contributed by atoms with van der Waals surface area (Å²) in [7, 11) is 1.52. The van der Waals surface area contributed by atoms with Crippen molar-refractivity contribution >= 4 is 50.9 Å². The van der Waals surface area contributed by atoms with E-state index in [-0.39, 0.29) is 59.4 Å². The monoisotopic (exact) mass is 1040 g/mol. The minimum atomic E-state index is -0.961. The van der Waals surface area contributed by atoms with Gasteiger partial charge in [-0.2, -0.15) is 9.97 Å². The number of aromatic nitrogens is 3. The van der Waals surface area contributed by atoms with Crippen molar-refractivity contribution in [2.75, 3.05) is 95.8 Å². The molecule has 1 aliphatic carbocycles. The molecule has 2 N–H and O–H groups in total. The van der Waals surface area contributed by atoms with Crippen molar-refractivity contribution in [2.45, 2.75) is 103 Å². The molecule has 2 atom stereocenters. The maximum atomic E-state index is 17.4. The number of piperidine rings is 4. The zero-order valence-electron chi connectivity index (χ0n) is 44.0. The van der Waals surface area contributed by atoms with Crippen LogP contribution in [-0.4, -0.2) is 150 Å². The molecule has 7 aliphatic rings. The Morgan fingerprint density at radius 3 is 2.39 bits per heavy atom. The van der Waals surface area contributed by atoms with Gasteiger partial charge in [0, 0.05) is 101 Å². The number of benzene rings is 3. The topological polar surface area (TPSA) is 166 Å². The van der Waals surface area contributed by atoms with Crippen LogP contribution in [-0.2, 0) is 27.3 Å². The van der Waals surface area contributed by atoms with Crippen molar-refractivity contribution in [2.24, 2.45) is 16.7 Å². The van der Waals surface area contributed by atoms with Gasteiger partial charge in [-0.25, -0.2) is 8.78 Å². The molecule has 0 radical (unpaired) electrons. The van der Waals surface area contributed by atoms with E-state index in [1.54, 1.807) is 29.3 Å². The highest BCUT2D eigenvalue weighted by Crippen LogP contribution is 2.49. The Kier molecular flexibility index (Phi) is 13.4. The number of methoxy groups -OCH3 is 1.